The number of hydrogen-bond donors (Lipinski definition) is 1. The van der Waals surface area contributed by atoms with E-state index >= 15 is 0 Å². The van der Waals surface area contributed by atoms with E-state index in [4.69, 9.17) is 0 Å². The molecule has 0 fully saturated rings. The molecule has 88 valence electrons. The molecule has 1 heterocycles. The van der Waals surface area contributed by atoms with E-state index in [0.717, 1.165) is 16.3 Å². The Hall–Kier alpha value is -1.68. The summed E-state index contributed by atoms with van der Waals surface area (Å²) in [6, 6.07) is 5.86. The molecule has 0 radical (unpaired) electrons. The predicted molar refractivity (Wildman–Crippen MR) is 70.7 cm³/mol. The van der Waals surface area contributed by atoms with Crippen LogP contribution < -0.4 is 5.32 Å². The van der Waals surface area contributed by atoms with Gasteiger partial charge in [-0.25, -0.2) is 4.98 Å². The van der Waals surface area contributed by atoms with Gasteiger partial charge < -0.3 is 5.32 Å². The van der Waals surface area contributed by atoms with Crippen molar-refractivity contribution < 1.29 is 4.79 Å². The molecule has 2 rings (SSSR count). The lowest BCUT2D eigenvalue weighted by Crippen LogP contribution is -2.12. The molecule has 1 amide bonds. The fraction of sp³-hybridized carbons (Fsp3) is 0.231. The Bertz CT molecular complexity index is 560. The van der Waals surface area contributed by atoms with Crippen molar-refractivity contribution in [2.24, 2.45) is 0 Å². The molecule has 0 spiro atoms. The number of carbonyl (C=O) groups excluding carboxylic acids is 1. The average molecular weight is 246 g/mol. The van der Waals surface area contributed by atoms with E-state index in [9.17, 15) is 4.79 Å². The zero-order valence-electron chi connectivity index (χ0n) is 10.1. The minimum atomic E-state index is -0.155. The van der Waals surface area contributed by atoms with Crippen LogP contribution in [0.3, 0.4) is 0 Å². The SMILES string of the molecule is Cc1nc(C(=O)Nc2ccc(C)c(C)c2)cs1. The molecule has 0 aliphatic heterocycles. The van der Waals surface area contributed by atoms with Crippen LogP contribution in [0.1, 0.15) is 26.6 Å². The van der Waals surface area contributed by atoms with Gasteiger partial charge in [-0.3, -0.25) is 4.79 Å². The molecule has 17 heavy (non-hydrogen) atoms. The van der Waals surface area contributed by atoms with Gasteiger partial charge in [0.2, 0.25) is 0 Å². The smallest absolute Gasteiger partial charge is 0.275 e. The van der Waals surface area contributed by atoms with Crippen LogP contribution in [0.5, 0.6) is 0 Å². The highest BCUT2D eigenvalue weighted by Crippen LogP contribution is 2.16. The normalized spacial score (nSPS) is 10.3. The molecular formula is C13H14N2OS. The molecule has 3 nitrogen and oxygen atoms in total. The number of aromatic nitrogens is 1. The maximum Gasteiger partial charge on any atom is 0.275 e. The summed E-state index contributed by atoms with van der Waals surface area (Å²) < 4.78 is 0. The van der Waals surface area contributed by atoms with Crippen LogP contribution in [0, 0.1) is 20.8 Å². The second-order valence-electron chi connectivity index (χ2n) is 4.00. The molecule has 1 aromatic carbocycles. The fourth-order valence-corrected chi connectivity index (χ4v) is 2.08. The fourth-order valence-electron chi connectivity index (χ4n) is 1.48. The van der Waals surface area contributed by atoms with Gasteiger partial charge in [0.15, 0.2) is 0 Å². The maximum absolute atomic E-state index is 11.9. The van der Waals surface area contributed by atoms with Crippen LogP contribution in [0.4, 0.5) is 5.69 Å². The number of nitrogens with zero attached hydrogens (tertiary/aromatic N) is 1. The number of aryl methyl sites for hydroxylation is 3. The highest BCUT2D eigenvalue weighted by Gasteiger charge is 2.09. The summed E-state index contributed by atoms with van der Waals surface area (Å²) in [5.41, 5.74) is 3.67. The summed E-state index contributed by atoms with van der Waals surface area (Å²) in [4.78, 5) is 16.0. The van der Waals surface area contributed by atoms with Crippen molar-refractivity contribution in [1.29, 1.82) is 0 Å². The second-order valence-corrected chi connectivity index (χ2v) is 5.07. The summed E-state index contributed by atoms with van der Waals surface area (Å²) in [5, 5.41) is 5.51. The molecular weight excluding hydrogens is 232 g/mol. The number of amides is 1. The van der Waals surface area contributed by atoms with Gasteiger partial charge in [0.25, 0.3) is 5.91 Å². The molecule has 4 heteroatoms. The van der Waals surface area contributed by atoms with Crippen molar-refractivity contribution in [3.05, 3.63) is 45.4 Å². The Morgan fingerprint density at radius 1 is 1.24 bits per heavy atom. The monoisotopic (exact) mass is 246 g/mol. The number of rotatable bonds is 2. The largest absolute Gasteiger partial charge is 0.321 e. The Kier molecular flexibility index (Phi) is 3.24. The third-order valence-corrected chi connectivity index (χ3v) is 3.39. The van der Waals surface area contributed by atoms with E-state index in [1.165, 1.54) is 16.9 Å². The van der Waals surface area contributed by atoms with Gasteiger partial charge in [-0.2, -0.15) is 0 Å². The van der Waals surface area contributed by atoms with E-state index < -0.39 is 0 Å². The van der Waals surface area contributed by atoms with Crippen LogP contribution in [-0.2, 0) is 0 Å². The molecule has 0 atom stereocenters. The number of carbonyl (C=O) groups is 1. The first-order valence-electron chi connectivity index (χ1n) is 5.37. The van der Waals surface area contributed by atoms with Crippen molar-refractivity contribution in [2.75, 3.05) is 5.32 Å². The Balaban J connectivity index is 2.15. The van der Waals surface area contributed by atoms with Gasteiger partial charge in [0.1, 0.15) is 5.69 Å². The highest BCUT2D eigenvalue weighted by molar-refractivity contribution is 7.09. The lowest BCUT2D eigenvalue weighted by Gasteiger charge is -2.06. The Morgan fingerprint density at radius 2 is 2.00 bits per heavy atom. The number of thiazole rings is 1. The van der Waals surface area contributed by atoms with Gasteiger partial charge in [-0.15, -0.1) is 11.3 Å². The van der Waals surface area contributed by atoms with E-state index in [0.29, 0.717) is 5.69 Å². The standard InChI is InChI=1S/C13H14N2OS/c1-8-4-5-11(6-9(8)2)15-13(16)12-7-17-10(3)14-12/h4-7H,1-3H3,(H,15,16). The van der Waals surface area contributed by atoms with Crippen LogP contribution in [0.15, 0.2) is 23.6 Å². The minimum Gasteiger partial charge on any atom is -0.321 e. The van der Waals surface area contributed by atoms with Crippen molar-refractivity contribution in [2.45, 2.75) is 20.8 Å². The molecule has 0 aliphatic rings. The second kappa shape index (κ2) is 4.67. The first-order chi connectivity index (χ1) is 8.06. The van der Waals surface area contributed by atoms with Crippen LogP contribution in [-0.4, -0.2) is 10.9 Å². The van der Waals surface area contributed by atoms with Gasteiger partial charge in [0, 0.05) is 11.1 Å². The van der Waals surface area contributed by atoms with Gasteiger partial charge in [-0.1, -0.05) is 6.07 Å². The quantitative estimate of drug-likeness (QED) is 0.883. The molecule has 1 N–H and O–H groups in total. The Morgan fingerprint density at radius 3 is 2.59 bits per heavy atom. The summed E-state index contributed by atoms with van der Waals surface area (Å²) in [7, 11) is 0. The van der Waals surface area contributed by atoms with E-state index in [2.05, 4.69) is 10.3 Å². The van der Waals surface area contributed by atoms with Crippen LogP contribution >= 0.6 is 11.3 Å². The summed E-state index contributed by atoms with van der Waals surface area (Å²) in [5.74, 6) is -0.155. The number of anilines is 1. The molecule has 1 aromatic heterocycles. The van der Waals surface area contributed by atoms with Crippen molar-refractivity contribution in [3.8, 4) is 0 Å². The summed E-state index contributed by atoms with van der Waals surface area (Å²) in [6.07, 6.45) is 0. The number of nitrogens with one attached hydrogen (secondary N) is 1. The molecule has 2 aromatic rings. The van der Waals surface area contributed by atoms with Crippen molar-refractivity contribution >= 4 is 22.9 Å². The zero-order chi connectivity index (χ0) is 12.4. The van der Waals surface area contributed by atoms with E-state index in [1.54, 1.807) is 5.38 Å². The maximum atomic E-state index is 11.9. The van der Waals surface area contributed by atoms with Gasteiger partial charge in [-0.05, 0) is 44.0 Å². The summed E-state index contributed by atoms with van der Waals surface area (Å²) >= 11 is 1.48. The molecule has 0 unspecified atom stereocenters. The number of hydrogen-bond acceptors (Lipinski definition) is 3. The molecule has 0 bridgehead atoms. The first-order valence-corrected chi connectivity index (χ1v) is 6.25. The van der Waals surface area contributed by atoms with E-state index in [-0.39, 0.29) is 5.91 Å². The Labute approximate surface area is 105 Å². The lowest BCUT2D eigenvalue weighted by atomic mass is 10.1. The highest BCUT2D eigenvalue weighted by atomic mass is 32.1. The van der Waals surface area contributed by atoms with Crippen LogP contribution in [0.25, 0.3) is 0 Å². The molecule has 0 saturated carbocycles. The minimum absolute atomic E-state index is 0.155. The third-order valence-electron chi connectivity index (χ3n) is 2.62. The average Bonchev–Trinajstić information content (AvgIpc) is 2.70. The summed E-state index contributed by atoms with van der Waals surface area (Å²) in [6.45, 7) is 5.96. The predicted octanol–water partition coefficient (Wildman–Crippen LogP) is 3.32. The molecule has 0 aliphatic carbocycles. The lowest BCUT2D eigenvalue weighted by molar-refractivity contribution is 0.102. The van der Waals surface area contributed by atoms with Crippen molar-refractivity contribution in [1.82, 2.24) is 4.98 Å². The van der Waals surface area contributed by atoms with Crippen molar-refractivity contribution in [3.63, 3.8) is 0 Å². The zero-order valence-corrected chi connectivity index (χ0v) is 10.9. The number of benzene rings is 1. The first kappa shape index (κ1) is 11.8. The topological polar surface area (TPSA) is 42.0 Å². The van der Waals surface area contributed by atoms with Crippen LogP contribution in [0.2, 0.25) is 0 Å². The van der Waals surface area contributed by atoms with Gasteiger partial charge >= 0.3 is 0 Å². The third kappa shape index (κ3) is 2.71. The van der Waals surface area contributed by atoms with E-state index in [1.807, 2.05) is 39.0 Å². The van der Waals surface area contributed by atoms with Gasteiger partial charge in [0.05, 0.1) is 5.01 Å². The molecule has 0 saturated heterocycles.